The van der Waals surface area contributed by atoms with Crippen molar-refractivity contribution in [3.63, 3.8) is 0 Å². The summed E-state index contributed by atoms with van der Waals surface area (Å²) in [5, 5.41) is 10.6. The molecule has 1 heterocycles. The number of H-pyrrole nitrogens is 1. The Morgan fingerprint density at radius 2 is 1.15 bits per heavy atom. The molecule has 6 aromatic rings. The molecule has 5 aromatic carbocycles. The van der Waals surface area contributed by atoms with Gasteiger partial charge in [0, 0.05) is 21.8 Å². The number of fused-ring (bicyclic) bond motifs is 7. The van der Waals surface area contributed by atoms with E-state index in [1.54, 1.807) is 0 Å². The molecule has 128 valence electrons. The first kappa shape index (κ1) is 14.8. The average molecular weight is 345 g/mol. The molecule has 0 bridgehead atoms. The van der Waals surface area contributed by atoms with Crippen LogP contribution in [0.25, 0.3) is 54.1 Å². The van der Waals surface area contributed by atoms with Gasteiger partial charge in [0.05, 0.1) is 0 Å². The van der Waals surface area contributed by atoms with Crippen LogP contribution in [0.2, 0.25) is 0 Å². The van der Waals surface area contributed by atoms with Crippen molar-refractivity contribution < 1.29 is 0 Å². The van der Waals surface area contributed by atoms with Gasteiger partial charge in [0.1, 0.15) is 0 Å². The van der Waals surface area contributed by atoms with E-state index >= 15 is 0 Å². The minimum absolute atomic E-state index is 1.21. The van der Waals surface area contributed by atoms with E-state index in [2.05, 4.69) is 91.6 Å². The Labute approximate surface area is 157 Å². The Bertz CT molecular complexity index is 1530. The molecule has 1 heteroatoms. The summed E-state index contributed by atoms with van der Waals surface area (Å²) in [6.07, 6.45) is 0. The first-order valence-electron chi connectivity index (χ1n) is 9.47. The van der Waals surface area contributed by atoms with Crippen molar-refractivity contribution in [2.24, 2.45) is 0 Å². The van der Waals surface area contributed by atoms with Gasteiger partial charge in [0.15, 0.2) is 0 Å². The second-order valence-corrected chi connectivity index (χ2v) is 7.57. The van der Waals surface area contributed by atoms with Gasteiger partial charge in [-0.3, -0.25) is 0 Å². The predicted octanol–water partition coefficient (Wildman–Crippen LogP) is 7.40. The van der Waals surface area contributed by atoms with Crippen LogP contribution in [0, 0.1) is 13.8 Å². The number of aromatic nitrogens is 1. The van der Waals surface area contributed by atoms with Crippen molar-refractivity contribution in [1.82, 2.24) is 4.98 Å². The molecule has 0 radical (unpaired) electrons. The Morgan fingerprint density at radius 1 is 0.519 bits per heavy atom. The fraction of sp³-hybridized carbons (Fsp3) is 0.0769. The average Bonchev–Trinajstić information content (AvgIpc) is 3.09. The lowest BCUT2D eigenvalue weighted by atomic mass is 9.92. The molecular weight excluding hydrogens is 326 g/mol. The van der Waals surface area contributed by atoms with E-state index < -0.39 is 0 Å². The Kier molecular flexibility index (Phi) is 2.80. The normalized spacial score (nSPS) is 12.1. The summed E-state index contributed by atoms with van der Waals surface area (Å²) >= 11 is 0. The number of benzene rings is 5. The molecule has 0 spiro atoms. The highest BCUT2D eigenvalue weighted by atomic mass is 14.7. The van der Waals surface area contributed by atoms with Gasteiger partial charge in [-0.15, -0.1) is 0 Å². The summed E-state index contributed by atoms with van der Waals surface area (Å²) in [6.45, 7) is 4.50. The Morgan fingerprint density at radius 3 is 1.89 bits per heavy atom. The number of aromatic amines is 1. The maximum absolute atomic E-state index is 3.66. The largest absolute Gasteiger partial charge is 0.354 e. The molecule has 0 fully saturated rings. The third-order valence-electron chi connectivity index (χ3n) is 6.17. The molecule has 0 saturated heterocycles. The molecule has 0 unspecified atom stereocenters. The summed E-state index contributed by atoms with van der Waals surface area (Å²) in [5.74, 6) is 0. The highest BCUT2D eigenvalue weighted by molar-refractivity contribution is 6.23. The zero-order valence-electron chi connectivity index (χ0n) is 15.4. The van der Waals surface area contributed by atoms with E-state index in [1.165, 1.54) is 65.3 Å². The van der Waals surface area contributed by atoms with Crippen LogP contribution in [0.5, 0.6) is 0 Å². The molecule has 0 saturated carbocycles. The van der Waals surface area contributed by atoms with Gasteiger partial charge >= 0.3 is 0 Å². The molecule has 6 rings (SSSR count). The summed E-state index contributed by atoms with van der Waals surface area (Å²) in [4.78, 5) is 3.66. The van der Waals surface area contributed by atoms with Crippen LogP contribution in [0.1, 0.15) is 11.1 Å². The summed E-state index contributed by atoms with van der Waals surface area (Å²) in [6, 6.07) is 26.6. The van der Waals surface area contributed by atoms with E-state index in [0.717, 1.165) is 0 Å². The van der Waals surface area contributed by atoms with Crippen LogP contribution in [-0.2, 0) is 0 Å². The molecule has 0 aliphatic carbocycles. The zero-order chi connectivity index (χ0) is 18.1. The van der Waals surface area contributed by atoms with Crippen LogP contribution in [0.4, 0.5) is 0 Å². The number of aryl methyl sites for hydroxylation is 2. The van der Waals surface area contributed by atoms with Crippen molar-refractivity contribution in [3.05, 3.63) is 83.9 Å². The third kappa shape index (κ3) is 1.89. The molecule has 1 nitrogen and oxygen atoms in total. The maximum atomic E-state index is 3.66. The first-order valence-corrected chi connectivity index (χ1v) is 9.47. The van der Waals surface area contributed by atoms with E-state index in [9.17, 15) is 0 Å². The van der Waals surface area contributed by atoms with Crippen molar-refractivity contribution in [1.29, 1.82) is 0 Å². The van der Waals surface area contributed by atoms with Crippen molar-refractivity contribution in [3.8, 4) is 0 Å². The maximum Gasteiger partial charge on any atom is 0.0471 e. The van der Waals surface area contributed by atoms with Crippen LogP contribution < -0.4 is 0 Å². The topological polar surface area (TPSA) is 15.8 Å². The molecule has 0 atom stereocenters. The summed E-state index contributed by atoms with van der Waals surface area (Å²) < 4.78 is 0. The number of hydrogen-bond acceptors (Lipinski definition) is 0. The SMILES string of the molecule is Cc1c2ccccc2c(C)c2cc3c(cc12)[nH]c1ccc2ccccc2c13. The Balaban J connectivity index is 1.88. The fourth-order valence-corrected chi connectivity index (χ4v) is 4.77. The van der Waals surface area contributed by atoms with E-state index in [0.29, 0.717) is 0 Å². The first-order chi connectivity index (χ1) is 13.2. The molecule has 0 aliphatic heterocycles. The van der Waals surface area contributed by atoms with Crippen molar-refractivity contribution in [2.75, 3.05) is 0 Å². The highest BCUT2D eigenvalue weighted by Crippen LogP contribution is 2.38. The number of rotatable bonds is 0. The quantitative estimate of drug-likeness (QED) is 0.276. The van der Waals surface area contributed by atoms with Crippen LogP contribution in [0.15, 0.2) is 72.8 Å². The second kappa shape index (κ2) is 5.11. The van der Waals surface area contributed by atoms with Crippen LogP contribution in [-0.4, -0.2) is 4.98 Å². The molecule has 27 heavy (non-hydrogen) atoms. The van der Waals surface area contributed by atoms with E-state index in [1.807, 2.05) is 0 Å². The van der Waals surface area contributed by atoms with E-state index in [-0.39, 0.29) is 0 Å². The minimum Gasteiger partial charge on any atom is -0.354 e. The van der Waals surface area contributed by atoms with Crippen LogP contribution >= 0.6 is 0 Å². The summed E-state index contributed by atoms with van der Waals surface area (Å²) in [7, 11) is 0. The van der Waals surface area contributed by atoms with Gasteiger partial charge in [-0.1, -0.05) is 54.6 Å². The Hall–Kier alpha value is -3.32. The zero-order valence-corrected chi connectivity index (χ0v) is 15.4. The molecule has 1 N–H and O–H groups in total. The smallest absolute Gasteiger partial charge is 0.0471 e. The molecule has 0 amide bonds. The molecule has 1 aromatic heterocycles. The summed E-state index contributed by atoms with van der Waals surface area (Å²) in [5.41, 5.74) is 5.14. The van der Waals surface area contributed by atoms with Crippen molar-refractivity contribution in [2.45, 2.75) is 13.8 Å². The third-order valence-corrected chi connectivity index (χ3v) is 6.17. The molecule has 0 aliphatic rings. The lowest BCUT2D eigenvalue weighted by Crippen LogP contribution is -1.88. The van der Waals surface area contributed by atoms with Gasteiger partial charge in [-0.2, -0.15) is 0 Å². The minimum atomic E-state index is 1.21. The second-order valence-electron chi connectivity index (χ2n) is 7.57. The van der Waals surface area contributed by atoms with Gasteiger partial charge in [0.25, 0.3) is 0 Å². The van der Waals surface area contributed by atoms with E-state index in [4.69, 9.17) is 0 Å². The highest BCUT2D eigenvalue weighted by Gasteiger charge is 2.13. The predicted molar refractivity (Wildman–Crippen MR) is 118 cm³/mol. The van der Waals surface area contributed by atoms with Gasteiger partial charge in [-0.05, 0) is 75.5 Å². The molecular formula is C26H19N. The van der Waals surface area contributed by atoms with Gasteiger partial charge < -0.3 is 4.98 Å². The monoisotopic (exact) mass is 345 g/mol. The number of hydrogen-bond donors (Lipinski definition) is 1. The lowest BCUT2D eigenvalue weighted by Gasteiger charge is -2.12. The standard InChI is InChI=1S/C26H19N/c1-15-18-8-5-6-9-19(18)16(2)22-14-25-23(13-21(15)22)26-20-10-4-3-7-17(20)11-12-24(26)27-25/h3-14,27H,1-2H3. The van der Waals surface area contributed by atoms with Gasteiger partial charge in [-0.25, -0.2) is 0 Å². The fourth-order valence-electron chi connectivity index (χ4n) is 4.77. The number of nitrogens with one attached hydrogen (secondary N) is 1. The lowest BCUT2D eigenvalue weighted by molar-refractivity contribution is 1.52. The van der Waals surface area contributed by atoms with Crippen molar-refractivity contribution >= 4 is 54.1 Å². The van der Waals surface area contributed by atoms with Gasteiger partial charge in [0.2, 0.25) is 0 Å². The van der Waals surface area contributed by atoms with Crippen LogP contribution in [0.3, 0.4) is 0 Å².